The lowest BCUT2D eigenvalue weighted by Crippen LogP contribution is -2.52. The second-order valence-corrected chi connectivity index (χ2v) is 11.5. The van der Waals surface area contributed by atoms with Crippen LogP contribution in [0.4, 0.5) is 10.5 Å². The van der Waals surface area contributed by atoms with Crippen LogP contribution in [0.3, 0.4) is 0 Å². The molecule has 0 radical (unpaired) electrons. The van der Waals surface area contributed by atoms with Crippen molar-refractivity contribution >= 4 is 17.7 Å². The number of aliphatic carboxylic acids is 1. The lowest BCUT2D eigenvalue weighted by atomic mass is 9.97. The number of rotatable bonds is 17. The Labute approximate surface area is 237 Å². The van der Waals surface area contributed by atoms with Gasteiger partial charge in [-0.15, -0.1) is 0 Å². The summed E-state index contributed by atoms with van der Waals surface area (Å²) in [4.78, 5) is 23.6. The van der Waals surface area contributed by atoms with E-state index in [4.69, 9.17) is 19.3 Å². The van der Waals surface area contributed by atoms with E-state index in [0.717, 1.165) is 19.3 Å². The van der Waals surface area contributed by atoms with Crippen LogP contribution in [0.15, 0.2) is 24.3 Å². The van der Waals surface area contributed by atoms with Crippen molar-refractivity contribution in [2.75, 3.05) is 11.9 Å². The number of ether oxygens (including phenoxy) is 3. The van der Waals surface area contributed by atoms with E-state index < -0.39 is 54.5 Å². The number of hydrogen-bond donors (Lipinski definition) is 5. The molecule has 0 spiro atoms. The summed E-state index contributed by atoms with van der Waals surface area (Å²) in [5, 5.41) is 36.0. The zero-order chi connectivity index (χ0) is 29.2. The second kappa shape index (κ2) is 15.1. The van der Waals surface area contributed by atoms with Gasteiger partial charge in [-0.3, -0.25) is 4.79 Å². The Morgan fingerprint density at radius 1 is 0.925 bits per heavy atom. The van der Waals surface area contributed by atoms with Crippen LogP contribution >= 0.6 is 0 Å². The Balaban J connectivity index is 1.52. The summed E-state index contributed by atoms with van der Waals surface area (Å²) in [5.74, 6) is -3.47. The average Bonchev–Trinajstić information content (AvgIpc) is 3.36. The first kappa shape index (κ1) is 32.3. The minimum atomic E-state index is -1.59. The van der Waals surface area contributed by atoms with Crippen molar-refractivity contribution in [1.82, 2.24) is 5.32 Å². The zero-order valence-electron chi connectivity index (χ0n) is 24.2. The Bertz CT molecular complexity index is 940. The van der Waals surface area contributed by atoms with Gasteiger partial charge in [0.1, 0.15) is 18.3 Å². The number of hydrogen-bond acceptors (Lipinski definition) is 7. The van der Waals surface area contributed by atoms with Crippen molar-refractivity contribution in [1.29, 1.82) is 0 Å². The molecule has 40 heavy (non-hydrogen) atoms. The smallest absolute Gasteiger partial charge is 0.319 e. The highest BCUT2D eigenvalue weighted by Gasteiger charge is 2.63. The summed E-state index contributed by atoms with van der Waals surface area (Å²) >= 11 is 0. The lowest BCUT2D eigenvalue weighted by molar-refractivity contribution is -0.279. The molecule has 0 aliphatic carbocycles. The summed E-state index contributed by atoms with van der Waals surface area (Å²) in [6.07, 6.45) is 9.74. The highest BCUT2D eigenvalue weighted by atomic mass is 16.8. The van der Waals surface area contributed by atoms with Crippen LogP contribution in [0.2, 0.25) is 0 Å². The Morgan fingerprint density at radius 2 is 1.52 bits per heavy atom. The summed E-state index contributed by atoms with van der Waals surface area (Å²) < 4.78 is 18.2. The lowest BCUT2D eigenvalue weighted by Gasteiger charge is -2.32. The maximum Gasteiger partial charge on any atom is 0.319 e. The monoisotopic (exact) mass is 564 g/mol. The first-order chi connectivity index (χ1) is 19.1. The van der Waals surface area contributed by atoms with Gasteiger partial charge in [0.15, 0.2) is 11.6 Å². The third-order valence-electron chi connectivity index (χ3n) is 7.60. The first-order valence-corrected chi connectivity index (χ1v) is 14.8. The molecule has 226 valence electrons. The van der Waals surface area contributed by atoms with Crippen LogP contribution in [-0.4, -0.2) is 69.9 Å². The molecule has 10 nitrogen and oxygen atoms in total. The topological polar surface area (TPSA) is 147 Å². The maximum absolute atomic E-state index is 12.7. The molecule has 2 aliphatic heterocycles. The summed E-state index contributed by atoms with van der Waals surface area (Å²) in [7, 11) is 0. The van der Waals surface area contributed by atoms with E-state index in [2.05, 4.69) is 17.6 Å². The van der Waals surface area contributed by atoms with Crippen LogP contribution in [0.1, 0.15) is 97.0 Å². The van der Waals surface area contributed by atoms with Crippen molar-refractivity contribution in [2.24, 2.45) is 0 Å². The molecule has 10 heteroatoms. The van der Waals surface area contributed by atoms with E-state index in [1.165, 1.54) is 44.9 Å². The number of aliphatic hydroxyl groups excluding tert-OH is 1. The molecule has 0 saturated carbocycles. The van der Waals surface area contributed by atoms with Crippen molar-refractivity contribution < 1.29 is 39.1 Å². The van der Waals surface area contributed by atoms with E-state index in [9.17, 15) is 19.8 Å². The molecule has 2 saturated heterocycles. The van der Waals surface area contributed by atoms with Crippen molar-refractivity contribution in [3.63, 3.8) is 0 Å². The molecular formula is C30H48N2O8. The minimum Gasteiger partial charge on any atom is -0.481 e. The number of carbonyl (C=O) groups excluding carboxylic acids is 1. The molecule has 1 aromatic carbocycles. The van der Waals surface area contributed by atoms with Gasteiger partial charge in [0, 0.05) is 12.1 Å². The van der Waals surface area contributed by atoms with Gasteiger partial charge in [-0.05, 0) is 38.0 Å². The fourth-order valence-electron chi connectivity index (χ4n) is 5.57. The van der Waals surface area contributed by atoms with Gasteiger partial charge >= 0.3 is 12.0 Å². The zero-order valence-corrected chi connectivity index (χ0v) is 24.2. The fraction of sp³-hybridized carbons (Fsp3) is 0.733. The quantitative estimate of drug-likeness (QED) is 0.171. The van der Waals surface area contributed by atoms with Gasteiger partial charge in [0.05, 0.1) is 19.1 Å². The number of carboxylic acid groups (broad SMARTS) is 1. The number of aliphatic hydroxyl groups is 2. The average molecular weight is 565 g/mol. The highest BCUT2D eigenvalue weighted by Crippen LogP contribution is 2.46. The van der Waals surface area contributed by atoms with Crippen molar-refractivity contribution in [3.05, 3.63) is 29.8 Å². The molecule has 2 heterocycles. The standard InChI is InChI=1S/C30H48N2O8/c1-4-5-6-7-8-9-10-11-12-13-18-30(37)27-26(38-29(2,3)40-27)25(39-30)23(20-33)32-28(36)31-22-16-14-21(15-17-22)19-24(34)35/h14-17,23,25-27,33,37H,4-13,18-20H2,1-3H3,(H,34,35)(H2,31,32,36)/t23-,25+,26-,27-,30-/m0/s1. The number of anilines is 1. The summed E-state index contributed by atoms with van der Waals surface area (Å²) in [6.45, 7) is 5.33. The maximum atomic E-state index is 12.7. The highest BCUT2D eigenvalue weighted by molar-refractivity contribution is 5.89. The van der Waals surface area contributed by atoms with Gasteiger partial charge in [0.2, 0.25) is 0 Å². The minimum absolute atomic E-state index is 0.110. The van der Waals surface area contributed by atoms with E-state index in [1.54, 1.807) is 38.1 Å². The van der Waals surface area contributed by atoms with Crippen LogP contribution in [0, 0.1) is 0 Å². The molecule has 2 fully saturated rings. The number of benzene rings is 1. The van der Waals surface area contributed by atoms with Gasteiger partial charge in [-0.1, -0.05) is 76.8 Å². The number of unbranched alkanes of at least 4 members (excludes halogenated alkanes) is 9. The van der Waals surface area contributed by atoms with Crippen molar-refractivity contribution in [2.45, 2.75) is 134 Å². The van der Waals surface area contributed by atoms with E-state index in [0.29, 0.717) is 17.7 Å². The number of nitrogens with one attached hydrogen (secondary N) is 2. The molecule has 0 aromatic heterocycles. The predicted molar refractivity (Wildman–Crippen MR) is 151 cm³/mol. The molecule has 3 rings (SSSR count). The Hall–Kier alpha value is -2.24. The van der Waals surface area contributed by atoms with Gasteiger partial charge < -0.3 is 40.2 Å². The third kappa shape index (κ3) is 9.41. The predicted octanol–water partition coefficient (Wildman–Crippen LogP) is 4.71. The number of amides is 2. The molecule has 2 aliphatic rings. The number of carbonyl (C=O) groups is 2. The Morgan fingerprint density at radius 3 is 2.10 bits per heavy atom. The summed E-state index contributed by atoms with van der Waals surface area (Å²) in [5.41, 5.74) is 1.08. The third-order valence-corrected chi connectivity index (χ3v) is 7.60. The van der Waals surface area contributed by atoms with Crippen molar-refractivity contribution in [3.8, 4) is 0 Å². The van der Waals surface area contributed by atoms with Crippen LogP contribution in [0.25, 0.3) is 0 Å². The number of fused-ring (bicyclic) bond motifs is 1. The van der Waals surface area contributed by atoms with E-state index in [-0.39, 0.29) is 6.42 Å². The molecule has 0 unspecified atom stereocenters. The van der Waals surface area contributed by atoms with Crippen LogP contribution < -0.4 is 10.6 Å². The Kier molecular flexibility index (Phi) is 12.2. The number of urea groups is 1. The second-order valence-electron chi connectivity index (χ2n) is 11.5. The number of carboxylic acids is 1. The summed E-state index contributed by atoms with van der Waals surface area (Å²) in [6, 6.07) is 5.02. The molecule has 5 N–H and O–H groups in total. The molecule has 5 atom stereocenters. The molecular weight excluding hydrogens is 516 g/mol. The molecule has 0 bridgehead atoms. The molecule has 2 amide bonds. The van der Waals surface area contributed by atoms with Crippen LogP contribution in [-0.2, 0) is 25.4 Å². The van der Waals surface area contributed by atoms with Gasteiger partial charge in [-0.25, -0.2) is 4.79 Å². The van der Waals surface area contributed by atoms with Crippen LogP contribution in [0.5, 0.6) is 0 Å². The SMILES string of the molecule is CCCCCCCCCCCC[C@]1(O)O[C@H]([C@H](CO)NC(=O)Nc2ccc(CC(=O)O)cc2)[C@@H]2OC(C)(C)O[C@@H]21. The van der Waals surface area contributed by atoms with Gasteiger partial charge in [-0.2, -0.15) is 0 Å². The first-order valence-electron chi connectivity index (χ1n) is 14.8. The van der Waals surface area contributed by atoms with E-state index in [1.807, 2.05) is 0 Å². The fourth-order valence-corrected chi connectivity index (χ4v) is 5.57. The van der Waals surface area contributed by atoms with Gasteiger partial charge in [0.25, 0.3) is 0 Å². The van der Waals surface area contributed by atoms with E-state index >= 15 is 0 Å². The largest absolute Gasteiger partial charge is 0.481 e. The molecule has 1 aromatic rings. The normalized spacial score (nSPS) is 25.9.